The quantitative estimate of drug-likeness (QED) is 0.851. The maximum absolute atomic E-state index is 12.7. The first-order chi connectivity index (χ1) is 11.1. The van der Waals surface area contributed by atoms with Crippen molar-refractivity contribution in [3.63, 3.8) is 0 Å². The van der Waals surface area contributed by atoms with Gasteiger partial charge in [0.15, 0.2) is 9.84 Å². The topological polar surface area (TPSA) is 80.3 Å². The fraction of sp³-hybridized carbons (Fsp3) is 0.294. The van der Waals surface area contributed by atoms with E-state index in [1.165, 1.54) is 24.3 Å². The molecule has 2 aromatic carbocycles. The minimum atomic E-state index is -3.85. The summed E-state index contributed by atoms with van der Waals surface area (Å²) in [6.45, 7) is 3.85. The summed E-state index contributed by atoms with van der Waals surface area (Å²) in [4.78, 5) is -0.0850. The first kappa shape index (κ1) is 18.6. The summed E-state index contributed by atoms with van der Waals surface area (Å²) in [5.74, 6) is 0.0280. The largest absolute Gasteiger partial charge is 0.241 e. The molecule has 0 radical (unpaired) electrons. The Morgan fingerprint density at radius 3 is 1.96 bits per heavy atom. The van der Waals surface area contributed by atoms with Crippen molar-refractivity contribution < 1.29 is 16.8 Å². The minimum absolute atomic E-state index is 0.0221. The van der Waals surface area contributed by atoms with Crippen molar-refractivity contribution in [2.24, 2.45) is 5.92 Å². The summed E-state index contributed by atoms with van der Waals surface area (Å²) >= 11 is 0. The van der Waals surface area contributed by atoms with E-state index in [9.17, 15) is 16.8 Å². The summed E-state index contributed by atoms with van der Waals surface area (Å²) in [6, 6.07) is 14.3. The summed E-state index contributed by atoms with van der Waals surface area (Å²) in [7, 11) is -7.32. The molecule has 0 aromatic heterocycles. The number of sulfonamides is 1. The van der Waals surface area contributed by atoms with Crippen LogP contribution in [0.2, 0.25) is 0 Å². The van der Waals surface area contributed by atoms with E-state index in [-0.39, 0.29) is 15.7 Å². The number of sulfone groups is 1. The molecular formula is C17H21NO4S2. The van der Waals surface area contributed by atoms with Gasteiger partial charge in [-0.3, -0.25) is 0 Å². The zero-order chi connectivity index (χ0) is 18.0. The van der Waals surface area contributed by atoms with E-state index in [2.05, 4.69) is 4.72 Å². The van der Waals surface area contributed by atoms with E-state index >= 15 is 0 Å². The Morgan fingerprint density at radius 2 is 1.42 bits per heavy atom. The molecule has 0 aliphatic heterocycles. The predicted octanol–water partition coefficient (Wildman–Crippen LogP) is 2.77. The maximum atomic E-state index is 12.7. The molecule has 0 saturated heterocycles. The van der Waals surface area contributed by atoms with Crippen LogP contribution in [-0.4, -0.2) is 23.1 Å². The van der Waals surface area contributed by atoms with Gasteiger partial charge >= 0.3 is 0 Å². The SMILES string of the molecule is CC(C)C(NS(=O)(=O)c1cccc(S(C)(=O)=O)c1)c1ccccc1. The fourth-order valence-corrected chi connectivity index (χ4v) is 4.52. The average molecular weight is 367 g/mol. The second kappa shape index (κ2) is 7.04. The van der Waals surface area contributed by atoms with Crippen LogP contribution in [0.5, 0.6) is 0 Å². The number of hydrogen-bond acceptors (Lipinski definition) is 4. The molecule has 0 amide bonds. The molecule has 2 rings (SSSR count). The highest BCUT2D eigenvalue weighted by atomic mass is 32.2. The summed E-state index contributed by atoms with van der Waals surface area (Å²) in [5, 5.41) is 0. The molecule has 0 aliphatic rings. The van der Waals surface area contributed by atoms with Gasteiger partial charge in [-0.05, 0) is 29.7 Å². The smallest absolute Gasteiger partial charge is 0.224 e. The van der Waals surface area contributed by atoms with E-state index < -0.39 is 25.9 Å². The van der Waals surface area contributed by atoms with E-state index in [1.54, 1.807) is 0 Å². The molecule has 0 heterocycles. The van der Waals surface area contributed by atoms with Crippen molar-refractivity contribution in [3.05, 3.63) is 60.2 Å². The maximum Gasteiger partial charge on any atom is 0.241 e. The van der Waals surface area contributed by atoms with Gasteiger partial charge in [0.1, 0.15) is 0 Å². The van der Waals surface area contributed by atoms with E-state index in [0.29, 0.717) is 0 Å². The normalized spacial score (nSPS) is 13.8. The van der Waals surface area contributed by atoms with Crippen LogP contribution >= 0.6 is 0 Å². The molecule has 0 saturated carbocycles. The zero-order valence-corrected chi connectivity index (χ0v) is 15.4. The van der Waals surface area contributed by atoms with E-state index in [4.69, 9.17) is 0 Å². The molecule has 0 fully saturated rings. The second-order valence-electron chi connectivity index (χ2n) is 6.00. The average Bonchev–Trinajstić information content (AvgIpc) is 2.52. The van der Waals surface area contributed by atoms with Crippen LogP contribution in [0.15, 0.2) is 64.4 Å². The van der Waals surface area contributed by atoms with Crippen LogP contribution < -0.4 is 4.72 Å². The molecule has 1 unspecified atom stereocenters. The number of hydrogen-bond donors (Lipinski definition) is 1. The molecule has 2 aromatic rings. The molecule has 130 valence electrons. The number of rotatable bonds is 6. The van der Waals surface area contributed by atoms with E-state index in [0.717, 1.165) is 11.8 Å². The number of nitrogens with one attached hydrogen (secondary N) is 1. The molecule has 0 bridgehead atoms. The lowest BCUT2D eigenvalue weighted by molar-refractivity contribution is 0.463. The van der Waals surface area contributed by atoms with Gasteiger partial charge in [0.2, 0.25) is 10.0 Å². The predicted molar refractivity (Wildman–Crippen MR) is 93.9 cm³/mol. The third-order valence-electron chi connectivity index (χ3n) is 3.65. The van der Waals surface area contributed by atoms with Gasteiger partial charge in [-0.2, -0.15) is 0 Å². The molecule has 0 aliphatic carbocycles. The molecule has 1 N–H and O–H groups in total. The van der Waals surface area contributed by atoms with Crippen molar-refractivity contribution in [2.45, 2.75) is 29.7 Å². The monoisotopic (exact) mass is 367 g/mol. The van der Waals surface area contributed by atoms with Gasteiger partial charge in [-0.15, -0.1) is 0 Å². The lowest BCUT2D eigenvalue weighted by atomic mass is 9.97. The van der Waals surface area contributed by atoms with Crippen molar-refractivity contribution in [1.29, 1.82) is 0 Å². The fourth-order valence-electron chi connectivity index (χ4n) is 2.36. The summed E-state index contributed by atoms with van der Waals surface area (Å²) in [6.07, 6.45) is 1.05. The Hall–Kier alpha value is -1.70. The van der Waals surface area contributed by atoms with Crippen LogP contribution in [0, 0.1) is 5.92 Å². The Balaban J connectivity index is 2.40. The van der Waals surface area contributed by atoms with Gasteiger partial charge in [0.05, 0.1) is 9.79 Å². The van der Waals surface area contributed by atoms with Crippen LogP contribution in [0.25, 0.3) is 0 Å². The minimum Gasteiger partial charge on any atom is -0.224 e. The Kier molecular flexibility index (Phi) is 5.47. The lowest BCUT2D eigenvalue weighted by Crippen LogP contribution is -2.31. The number of benzene rings is 2. The van der Waals surface area contributed by atoms with Crippen molar-refractivity contribution >= 4 is 19.9 Å². The molecule has 7 heteroatoms. The lowest BCUT2D eigenvalue weighted by Gasteiger charge is -2.23. The van der Waals surface area contributed by atoms with Crippen LogP contribution in [0.1, 0.15) is 25.5 Å². The third-order valence-corrected chi connectivity index (χ3v) is 6.20. The first-order valence-corrected chi connectivity index (χ1v) is 10.9. The Bertz CT molecular complexity index is 905. The summed E-state index contributed by atoms with van der Waals surface area (Å²) in [5.41, 5.74) is 0.857. The zero-order valence-electron chi connectivity index (χ0n) is 13.8. The highest BCUT2D eigenvalue weighted by molar-refractivity contribution is 7.91. The highest BCUT2D eigenvalue weighted by Crippen LogP contribution is 2.25. The van der Waals surface area contributed by atoms with Gasteiger partial charge in [0, 0.05) is 12.3 Å². The van der Waals surface area contributed by atoms with E-state index in [1.807, 2.05) is 44.2 Å². The van der Waals surface area contributed by atoms with Gasteiger partial charge in [0.25, 0.3) is 0 Å². The van der Waals surface area contributed by atoms with Crippen molar-refractivity contribution in [1.82, 2.24) is 4.72 Å². The van der Waals surface area contributed by atoms with Gasteiger partial charge < -0.3 is 0 Å². The Labute approximate surface area is 143 Å². The van der Waals surface area contributed by atoms with Crippen molar-refractivity contribution in [3.8, 4) is 0 Å². The standard InChI is InChI=1S/C17H21NO4S2/c1-13(2)17(14-8-5-4-6-9-14)18-24(21,22)16-11-7-10-15(12-16)23(3,19)20/h4-13,17-18H,1-3H3. The van der Waals surface area contributed by atoms with Crippen LogP contribution in [-0.2, 0) is 19.9 Å². The van der Waals surface area contributed by atoms with Crippen molar-refractivity contribution in [2.75, 3.05) is 6.26 Å². The Morgan fingerprint density at radius 1 is 0.833 bits per heavy atom. The highest BCUT2D eigenvalue weighted by Gasteiger charge is 2.24. The van der Waals surface area contributed by atoms with Crippen LogP contribution in [0.3, 0.4) is 0 Å². The second-order valence-corrected chi connectivity index (χ2v) is 9.73. The van der Waals surface area contributed by atoms with Gasteiger partial charge in [-0.25, -0.2) is 21.6 Å². The van der Waals surface area contributed by atoms with Crippen LogP contribution in [0.4, 0.5) is 0 Å². The molecule has 1 atom stereocenters. The van der Waals surface area contributed by atoms with Gasteiger partial charge in [-0.1, -0.05) is 50.2 Å². The molecule has 24 heavy (non-hydrogen) atoms. The third kappa shape index (κ3) is 4.43. The summed E-state index contributed by atoms with van der Waals surface area (Å²) < 4.78 is 51.4. The first-order valence-electron chi connectivity index (χ1n) is 7.48. The molecule has 0 spiro atoms. The molecular weight excluding hydrogens is 346 g/mol. The molecule has 5 nitrogen and oxygen atoms in total.